The van der Waals surface area contributed by atoms with Gasteiger partial charge in [0, 0.05) is 12.1 Å². The van der Waals surface area contributed by atoms with Crippen molar-refractivity contribution in [1.82, 2.24) is 10.1 Å². The number of rotatable bonds is 7. The number of nitrogens with zero attached hydrogens (tertiary/aromatic N) is 4. The van der Waals surface area contributed by atoms with E-state index in [0.717, 1.165) is 0 Å². The maximum Gasteiger partial charge on any atom is 0.313 e. The molecule has 0 amide bonds. The Morgan fingerprint density at radius 3 is 1.97 bits per heavy atom. The van der Waals surface area contributed by atoms with Crippen LogP contribution in [0.4, 0.5) is 11.4 Å². The molecule has 0 spiro atoms. The van der Waals surface area contributed by atoms with Crippen LogP contribution in [-0.4, -0.2) is 51.4 Å². The number of piperazine rings is 1. The molecule has 11 heteroatoms. The molecule has 2 aromatic rings. The average molecular weight is 402 g/mol. The lowest BCUT2D eigenvalue weighted by molar-refractivity contribution is -0.387. The van der Waals surface area contributed by atoms with Crippen LogP contribution in [0.5, 0.6) is 11.5 Å². The molecule has 29 heavy (non-hydrogen) atoms. The number of Topliss-reactive ketones (excluding diaryl/α,β-unsaturated/α-hetero) is 1. The maximum atomic E-state index is 12.1. The number of carbonyl (C=O) groups is 1. The van der Waals surface area contributed by atoms with Crippen molar-refractivity contribution in [3.8, 4) is 11.5 Å². The second-order valence-corrected chi connectivity index (χ2v) is 6.29. The third-order valence-electron chi connectivity index (χ3n) is 4.33. The molecule has 1 saturated heterocycles. The number of hydrogen-bond acceptors (Lipinski definition) is 9. The Hall–Kier alpha value is -3.57. The molecule has 1 heterocycles. The summed E-state index contributed by atoms with van der Waals surface area (Å²) in [5.41, 5.74) is -0.404. The van der Waals surface area contributed by atoms with Crippen LogP contribution < -0.4 is 9.68 Å². The molecular formula is C18H18N4O7. The van der Waals surface area contributed by atoms with E-state index in [-0.39, 0.29) is 48.3 Å². The van der Waals surface area contributed by atoms with E-state index in [1.54, 1.807) is 12.1 Å². The van der Waals surface area contributed by atoms with Crippen molar-refractivity contribution in [2.45, 2.75) is 13.0 Å². The number of benzene rings is 2. The summed E-state index contributed by atoms with van der Waals surface area (Å²) in [6.07, 6.45) is 0. The van der Waals surface area contributed by atoms with E-state index in [0.29, 0.717) is 0 Å². The van der Waals surface area contributed by atoms with Gasteiger partial charge in [0.25, 0.3) is 0 Å². The van der Waals surface area contributed by atoms with E-state index in [9.17, 15) is 25.0 Å². The lowest BCUT2D eigenvalue weighted by Gasteiger charge is -2.38. The summed E-state index contributed by atoms with van der Waals surface area (Å²) in [4.78, 5) is 44.7. The Balaban J connectivity index is 1.75. The molecule has 0 N–H and O–H groups in total. The lowest BCUT2D eigenvalue weighted by Crippen LogP contribution is -2.57. The van der Waals surface area contributed by atoms with E-state index in [2.05, 4.69) is 0 Å². The Morgan fingerprint density at radius 2 is 1.45 bits per heavy atom. The summed E-state index contributed by atoms with van der Waals surface area (Å²) in [7, 11) is 0. The highest BCUT2D eigenvalue weighted by atomic mass is 16.7. The molecule has 0 radical (unpaired) electrons. The van der Waals surface area contributed by atoms with Crippen LogP contribution in [0.2, 0.25) is 0 Å². The van der Waals surface area contributed by atoms with Crippen molar-refractivity contribution < 1.29 is 24.3 Å². The first kappa shape index (κ1) is 20.2. The first-order valence-electron chi connectivity index (χ1n) is 8.71. The second kappa shape index (κ2) is 8.63. The van der Waals surface area contributed by atoms with Gasteiger partial charge in [0.2, 0.25) is 11.5 Å². The predicted octanol–water partition coefficient (Wildman–Crippen LogP) is 2.37. The van der Waals surface area contributed by atoms with Crippen molar-refractivity contribution >= 4 is 17.2 Å². The van der Waals surface area contributed by atoms with Crippen LogP contribution in [0, 0.1) is 20.2 Å². The van der Waals surface area contributed by atoms with Crippen LogP contribution in [0.25, 0.3) is 0 Å². The molecule has 1 fully saturated rings. The van der Waals surface area contributed by atoms with Gasteiger partial charge >= 0.3 is 11.4 Å². The molecule has 2 aromatic carbocycles. The highest BCUT2D eigenvalue weighted by molar-refractivity contribution is 5.81. The smallest absolute Gasteiger partial charge is 0.313 e. The molecule has 1 aliphatic heterocycles. The number of ketones is 1. The number of carbonyl (C=O) groups excluding carboxylic acids is 1. The van der Waals surface area contributed by atoms with Gasteiger partial charge in [-0.25, -0.2) is 0 Å². The maximum absolute atomic E-state index is 12.1. The Kier molecular flexibility index (Phi) is 6.00. The van der Waals surface area contributed by atoms with Gasteiger partial charge in [-0.2, -0.15) is 0 Å². The van der Waals surface area contributed by atoms with Crippen LogP contribution in [0.15, 0.2) is 48.5 Å². The number of hydrogen-bond donors (Lipinski definition) is 0. The minimum absolute atomic E-state index is 0.0248. The number of hydroxylamine groups is 4. The van der Waals surface area contributed by atoms with Crippen LogP contribution in [-0.2, 0) is 4.79 Å². The van der Waals surface area contributed by atoms with Crippen LogP contribution in [0.1, 0.15) is 6.92 Å². The fourth-order valence-corrected chi connectivity index (χ4v) is 2.90. The number of nitro groups is 2. The minimum Gasteiger partial charge on any atom is -0.399 e. The summed E-state index contributed by atoms with van der Waals surface area (Å²) in [5.74, 6) is -0.149. The van der Waals surface area contributed by atoms with Crippen molar-refractivity contribution in [3.05, 3.63) is 68.8 Å². The molecule has 0 aromatic heterocycles. The third-order valence-corrected chi connectivity index (χ3v) is 4.33. The van der Waals surface area contributed by atoms with Gasteiger partial charge < -0.3 is 9.68 Å². The Morgan fingerprint density at radius 1 is 0.931 bits per heavy atom. The lowest BCUT2D eigenvalue weighted by atomic mass is 10.1. The van der Waals surface area contributed by atoms with Gasteiger partial charge in [0.1, 0.15) is 6.04 Å². The van der Waals surface area contributed by atoms with Crippen LogP contribution in [0.3, 0.4) is 0 Å². The molecule has 1 unspecified atom stereocenters. The Bertz CT molecular complexity index is 936. The first-order chi connectivity index (χ1) is 13.9. The van der Waals surface area contributed by atoms with Gasteiger partial charge in [-0.3, -0.25) is 25.0 Å². The number of nitro benzene ring substituents is 2. The van der Waals surface area contributed by atoms with E-state index in [1.807, 2.05) is 0 Å². The molecule has 1 atom stereocenters. The van der Waals surface area contributed by atoms with Crippen molar-refractivity contribution in [3.63, 3.8) is 0 Å². The second-order valence-electron chi connectivity index (χ2n) is 6.29. The molecule has 0 aliphatic carbocycles. The van der Waals surface area contributed by atoms with Crippen molar-refractivity contribution in [2.75, 3.05) is 19.6 Å². The summed E-state index contributed by atoms with van der Waals surface area (Å²) in [6.45, 7) is 1.89. The fraction of sp³-hybridized carbons (Fsp3) is 0.278. The summed E-state index contributed by atoms with van der Waals surface area (Å²) >= 11 is 0. The van der Waals surface area contributed by atoms with E-state index in [4.69, 9.17) is 9.68 Å². The van der Waals surface area contributed by atoms with E-state index in [1.165, 1.54) is 53.4 Å². The van der Waals surface area contributed by atoms with Gasteiger partial charge in [0.05, 0.1) is 29.5 Å². The van der Waals surface area contributed by atoms with Crippen LogP contribution >= 0.6 is 0 Å². The van der Waals surface area contributed by atoms with Gasteiger partial charge in [0.15, 0.2) is 5.78 Å². The monoisotopic (exact) mass is 402 g/mol. The number of para-hydroxylation sites is 4. The van der Waals surface area contributed by atoms with Gasteiger partial charge in [-0.05, 0) is 19.1 Å². The minimum atomic E-state index is -0.772. The zero-order chi connectivity index (χ0) is 21.0. The largest absolute Gasteiger partial charge is 0.399 e. The molecule has 1 aliphatic rings. The van der Waals surface area contributed by atoms with Crippen molar-refractivity contribution in [1.29, 1.82) is 0 Å². The first-order valence-corrected chi connectivity index (χ1v) is 8.71. The van der Waals surface area contributed by atoms with Gasteiger partial charge in [-0.15, -0.1) is 10.1 Å². The molecule has 11 nitrogen and oxygen atoms in total. The zero-order valence-corrected chi connectivity index (χ0v) is 15.5. The standard InChI is InChI=1S/C18H18N4O7/c1-13(23)16-12-19(28-17-8-4-2-6-14(17)21(24)25)10-11-20(16)29-18-9-5-3-7-15(18)22(26)27/h2-9,16H,10-12H2,1H3. The van der Waals surface area contributed by atoms with Crippen molar-refractivity contribution in [2.24, 2.45) is 0 Å². The molecule has 0 bridgehead atoms. The zero-order valence-electron chi connectivity index (χ0n) is 15.5. The summed E-state index contributed by atoms with van der Waals surface area (Å²) in [6, 6.07) is 11.0. The van der Waals surface area contributed by atoms with Gasteiger partial charge in [-0.1, -0.05) is 24.3 Å². The average Bonchev–Trinajstić information content (AvgIpc) is 2.69. The summed E-state index contributed by atoms with van der Waals surface area (Å²) < 4.78 is 0. The summed E-state index contributed by atoms with van der Waals surface area (Å²) in [5, 5.41) is 25.1. The molecule has 0 saturated carbocycles. The highest BCUT2D eigenvalue weighted by Gasteiger charge is 2.35. The molecule has 152 valence electrons. The SMILES string of the molecule is CC(=O)C1CN(Oc2ccccc2[N+](=O)[O-])CCN1Oc1ccccc1[N+](=O)[O-]. The molecule has 3 rings (SSSR count). The van der Waals surface area contributed by atoms with E-state index >= 15 is 0 Å². The normalized spacial score (nSPS) is 17.5. The predicted molar refractivity (Wildman–Crippen MR) is 100 cm³/mol. The topological polar surface area (TPSA) is 128 Å². The van der Waals surface area contributed by atoms with E-state index < -0.39 is 15.9 Å². The highest BCUT2D eigenvalue weighted by Crippen LogP contribution is 2.30. The quantitative estimate of drug-likeness (QED) is 0.506. The third kappa shape index (κ3) is 4.65. The Labute approximate surface area is 165 Å². The molecular weight excluding hydrogens is 384 g/mol. The fourth-order valence-electron chi connectivity index (χ4n) is 2.90.